The van der Waals surface area contributed by atoms with Crippen LogP contribution in [0, 0.1) is 5.92 Å². The van der Waals surface area contributed by atoms with Crippen LogP contribution in [0.2, 0.25) is 0 Å². The number of rotatable bonds is 5. The predicted molar refractivity (Wildman–Crippen MR) is 88.4 cm³/mol. The Morgan fingerprint density at radius 2 is 1.95 bits per heavy atom. The van der Waals surface area contributed by atoms with Gasteiger partial charge >= 0.3 is 0 Å². The van der Waals surface area contributed by atoms with Gasteiger partial charge in [-0.3, -0.25) is 0 Å². The summed E-state index contributed by atoms with van der Waals surface area (Å²) in [5.41, 5.74) is 2.77. The molecule has 1 aromatic rings. The van der Waals surface area contributed by atoms with E-state index in [4.69, 9.17) is 0 Å². The molecule has 1 saturated heterocycles. The molecular formula is C18H30N2. The van der Waals surface area contributed by atoms with Crippen molar-refractivity contribution in [2.24, 2.45) is 5.92 Å². The smallest absolute Gasteiger partial charge is 0.0366 e. The van der Waals surface area contributed by atoms with Crippen molar-refractivity contribution in [3.05, 3.63) is 29.8 Å². The maximum Gasteiger partial charge on any atom is 0.0366 e. The largest absolute Gasteiger partial charge is 0.372 e. The van der Waals surface area contributed by atoms with Crippen LogP contribution in [0.1, 0.15) is 57.6 Å². The highest BCUT2D eigenvalue weighted by Crippen LogP contribution is 2.26. The zero-order chi connectivity index (χ0) is 14.4. The van der Waals surface area contributed by atoms with E-state index in [1.165, 1.54) is 56.4 Å². The van der Waals surface area contributed by atoms with Crippen LogP contribution in [-0.4, -0.2) is 20.1 Å². The monoisotopic (exact) mass is 274 g/mol. The van der Waals surface area contributed by atoms with E-state index in [0.717, 1.165) is 5.92 Å². The maximum atomic E-state index is 3.30. The number of nitrogens with one attached hydrogen (secondary N) is 1. The van der Waals surface area contributed by atoms with Gasteiger partial charge in [-0.2, -0.15) is 0 Å². The molecule has 20 heavy (non-hydrogen) atoms. The molecule has 2 nitrogen and oxygen atoms in total. The third kappa shape index (κ3) is 3.99. The van der Waals surface area contributed by atoms with E-state index in [2.05, 4.69) is 48.3 Å². The van der Waals surface area contributed by atoms with Crippen LogP contribution in [0.3, 0.4) is 0 Å². The third-order valence-electron chi connectivity index (χ3n) is 4.74. The van der Waals surface area contributed by atoms with Gasteiger partial charge in [-0.15, -0.1) is 0 Å². The number of hydrogen-bond acceptors (Lipinski definition) is 2. The fraction of sp³-hybridized carbons (Fsp3) is 0.667. The highest BCUT2D eigenvalue weighted by Gasteiger charge is 2.16. The maximum absolute atomic E-state index is 3.30. The van der Waals surface area contributed by atoms with Gasteiger partial charge in [0.15, 0.2) is 0 Å². The molecule has 2 heteroatoms. The van der Waals surface area contributed by atoms with E-state index in [9.17, 15) is 0 Å². The molecule has 1 aromatic carbocycles. The Bertz CT molecular complexity index is 385. The summed E-state index contributed by atoms with van der Waals surface area (Å²) in [6.45, 7) is 6.97. The van der Waals surface area contributed by atoms with Crippen molar-refractivity contribution in [2.75, 3.05) is 25.0 Å². The SMILES string of the molecule is CCCC1CCCN(c2ccc(C(C)NC)cc2)CC1. The van der Waals surface area contributed by atoms with Gasteiger partial charge in [0, 0.05) is 24.8 Å². The summed E-state index contributed by atoms with van der Waals surface area (Å²) in [6, 6.07) is 9.56. The molecule has 2 rings (SSSR count). The van der Waals surface area contributed by atoms with Crippen molar-refractivity contribution in [1.29, 1.82) is 0 Å². The molecule has 1 N–H and O–H groups in total. The molecule has 112 valence electrons. The highest BCUT2D eigenvalue weighted by atomic mass is 15.1. The van der Waals surface area contributed by atoms with Crippen LogP contribution in [0.15, 0.2) is 24.3 Å². The van der Waals surface area contributed by atoms with E-state index < -0.39 is 0 Å². The number of nitrogens with zero attached hydrogens (tertiary/aromatic N) is 1. The van der Waals surface area contributed by atoms with E-state index in [0.29, 0.717) is 6.04 Å². The second-order valence-electron chi connectivity index (χ2n) is 6.17. The second kappa shape index (κ2) is 7.68. The van der Waals surface area contributed by atoms with Crippen LogP contribution in [0.5, 0.6) is 0 Å². The predicted octanol–water partition coefficient (Wildman–Crippen LogP) is 4.37. The topological polar surface area (TPSA) is 15.3 Å². The van der Waals surface area contributed by atoms with Crippen molar-refractivity contribution >= 4 is 5.69 Å². The van der Waals surface area contributed by atoms with E-state index in [-0.39, 0.29) is 0 Å². The molecule has 2 unspecified atom stereocenters. The van der Waals surface area contributed by atoms with Crippen molar-refractivity contribution in [1.82, 2.24) is 5.32 Å². The normalized spacial score (nSPS) is 21.6. The van der Waals surface area contributed by atoms with E-state index in [1.807, 2.05) is 7.05 Å². The molecule has 0 spiro atoms. The van der Waals surface area contributed by atoms with Gasteiger partial charge in [0.25, 0.3) is 0 Å². The molecule has 0 aliphatic carbocycles. The van der Waals surface area contributed by atoms with Gasteiger partial charge in [0.2, 0.25) is 0 Å². The Labute approximate surface area is 124 Å². The molecule has 1 fully saturated rings. The molecule has 1 aliphatic heterocycles. The summed E-state index contributed by atoms with van der Waals surface area (Å²) >= 11 is 0. The standard InChI is InChI=1S/C18H30N2/c1-4-6-16-7-5-13-20(14-12-16)18-10-8-17(9-11-18)15(2)19-3/h8-11,15-16,19H,4-7,12-14H2,1-3H3. The summed E-state index contributed by atoms with van der Waals surface area (Å²) in [5, 5.41) is 3.30. The molecule has 2 atom stereocenters. The van der Waals surface area contributed by atoms with Gasteiger partial charge in [-0.25, -0.2) is 0 Å². The molecule has 0 aromatic heterocycles. The first kappa shape index (κ1) is 15.4. The average Bonchev–Trinajstić information content (AvgIpc) is 2.73. The van der Waals surface area contributed by atoms with Crippen LogP contribution in [-0.2, 0) is 0 Å². The first-order chi connectivity index (χ1) is 9.74. The highest BCUT2D eigenvalue weighted by molar-refractivity contribution is 5.48. The van der Waals surface area contributed by atoms with Crippen molar-refractivity contribution < 1.29 is 0 Å². The Morgan fingerprint density at radius 1 is 1.20 bits per heavy atom. The average molecular weight is 274 g/mol. The Hall–Kier alpha value is -1.02. The summed E-state index contributed by atoms with van der Waals surface area (Å²) in [6.07, 6.45) is 6.87. The van der Waals surface area contributed by atoms with Gasteiger partial charge in [-0.05, 0) is 56.8 Å². The molecule has 0 amide bonds. The Balaban J connectivity index is 1.97. The van der Waals surface area contributed by atoms with Gasteiger partial charge in [-0.1, -0.05) is 31.9 Å². The lowest BCUT2D eigenvalue weighted by atomic mass is 9.96. The summed E-state index contributed by atoms with van der Waals surface area (Å²) in [5.74, 6) is 0.952. The number of hydrogen-bond donors (Lipinski definition) is 1. The van der Waals surface area contributed by atoms with E-state index in [1.54, 1.807) is 0 Å². The summed E-state index contributed by atoms with van der Waals surface area (Å²) in [4.78, 5) is 2.57. The fourth-order valence-electron chi connectivity index (χ4n) is 3.26. The molecule has 0 bridgehead atoms. The summed E-state index contributed by atoms with van der Waals surface area (Å²) < 4.78 is 0. The van der Waals surface area contributed by atoms with Crippen LogP contribution in [0.4, 0.5) is 5.69 Å². The third-order valence-corrected chi connectivity index (χ3v) is 4.74. The van der Waals surface area contributed by atoms with Crippen LogP contribution < -0.4 is 10.2 Å². The van der Waals surface area contributed by atoms with Gasteiger partial charge in [0.1, 0.15) is 0 Å². The first-order valence-electron chi connectivity index (χ1n) is 8.26. The van der Waals surface area contributed by atoms with E-state index >= 15 is 0 Å². The lowest BCUT2D eigenvalue weighted by molar-refractivity contribution is 0.435. The number of anilines is 1. The minimum absolute atomic E-state index is 0.433. The van der Waals surface area contributed by atoms with Gasteiger partial charge in [0.05, 0.1) is 0 Å². The first-order valence-corrected chi connectivity index (χ1v) is 8.26. The van der Waals surface area contributed by atoms with Gasteiger partial charge < -0.3 is 10.2 Å². The lowest BCUT2D eigenvalue weighted by Gasteiger charge is -2.23. The molecular weight excluding hydrogens is 244 g/mol. The Kier molecular flexibility index (Phi) is 5.90. The minimum Gasteiger partial charge on any atom is -0.372 e. The lowest BCUT2D eigenvalue weighted by Crippen LogP contribution is -2.24. The number of benzene rings is 1. The molecule has 1 heterocycles. The fourth-order valence-corrected chi connectivity index (χ4v) is 3.26. The molecule has 0 saturated carbocycles. The quantitative estimate of drug-likeness (QED) is 0.857. The molecule has 1 aliphatic rings. The van der Waals surface area contributed by atoms with Crippen LogP contribution in [0.25, 0.3) is 0 Å². The zero-order valence-corrected chi connectivity index (χ0v) is 13.4. The minimum atomic E-state index is 0.433. The summed E-state index contributed by atoms with van der Waals surface area (Å²) in [7, 11) is 2.02. The van der Waals surface area contributed by atoms with Crippen molar-refractivity contribution in [3.8, 4) is 0 Å². The zero-order valence-electron chi connectivity index (χ0n) is 13.4. The van der Waals surface area contributed by atoms with Crippen molar-refractivity contribution in [2.45, 2.75) is 52.0 Å². The second-order valence-corrected chi connectivity index (χ2v) is 6.17. The molecule has 0 radical (unpaired) electrons. The van der Waals surface area contributed by atoms with Crippen molar-refractivity contribution in [3.63, 3.8) is 0 Å². The van der Waals surface area contributed by atoms with Crippen LogP contribution >= 0.6 is 0 Å². The Morgan fingerprint density at radius 3 is 2.60 bits per heavy atom.